The molecule has 7 rings (SSSR count). The van der Waals surface area contributed by atoms with Crippen LogP contribution in [0.25, 0.3) is 0 Å². The third-order valence-electron chi connectivity index (χ3n) is 21.5. The first-order chi connectivity index (χ1) is 43.4. The van der Waals surface area contributed by atoms with Gasteiger partial charge in [0.15, 0.2) is 0 Å². The lowest BCUT2D eigenvalue weighted by Gasteiger charge is -2.40. The molecule has 4 N–H and O–H groups in total. The van der Waals surface area contributed by atoms with E-state index in [-0.39, 0.29) is 107 Å². The average molecular weight is 1340 g/mol. The number of carbonyl (C=O) groups excluding carboxylic acids is 11. The molecule has 3 aliphatic heterocycles. The van der Waals surface area contributed by atoms with E-state index in [0.717, 1.165) is 25.7 Å². The molecular formula is C65H102Cl2F3N11O11. The van der Waals surface area contributed by atoms with Crippen LogP contribution in [-0.2, 0) is 52.7 Å². The molecule has 0 aromatic heterocycles. The molecule has 0 radical (unpaired) electrons. The highest BCUT2D eigenvalue weighted by molar-refractivity contribution is 6.21. The third kappa shape index (κ3) is 17.9. The molecule has 0 aromatic rings. The lowest BCUT2D eigenvalue weighted by atomic mass is 9.78. The lowest BCUT2D eigenvalue weighted by molar-refractivity contribution is -0.182. The molecule has 7 fully saturated rings. The van der Waals surface area contributed by atoms with Crippen molar-refractivity contribution in [3.63, 3.8) is 0 Å². The highest BCUT2D eigenvalue weighted by Gasteiger charge is 2.52. The zero-order valence-corrected chi connectivity index (χ0v) is 57.0. The molecule has 518 valence electrons. The first-order valence-electron chi connectivity index (χ1n) is 33.8. The van der Waals surface area contributed by atoms with Gasteiger partial charge in [-0.2, -0.15) is 13.2 Å². The second-order valence-corrected chi connectivity index (χ2v) is 29.2. The van der Waals surface area contributed by atoms with Crippen molar-refractivity contribution in [1.29, 1.82) is 0 Å². The average Bonchev–Trinajstić information content (AvgIpc) is 1.53. The molecule has 5 unspecified atom stereocenters. The van der Waals surface area contributed by atoms with Crippen molar-refractivity contribution < 1.29 is 65.9 Å². The minimum atomic E-state index is -4.50. The number of halogens is 5. The van der Waals surface area contributed by atoms with Crippen LogP contribution in [-0.4, -0.2) is 231 Å². The number of likely N-dealkylation sites (N-methyl/N-ethyl adjacent to an activating group) is 5. The van der Waals surface area contributed by atoms with Crippen molar-refractivity contribution in [3.8, 4) is 0 Å². The molecule has 4 aliphatic carbocycles. The van der Waals surface area contributed by atoms with Gasteiger partial charge in [-0.3, -0.25) is 52.7 Å². The monoisotopic (exact) mass is 1340 g/mol. The number of hydrogen-bond acceptors (Lipinski definition) is 11. The molecular weight excluding hydrogens is 1240 g/mol. The van der Waals surface area contributed by atoms with E-state index in [0.29, 0.717) is 57.8 Å². The van der Waals surface area contributed by atoms with E-state index in [2.05, 4.69) is 21.3 Å². The number of hydrogen-bond donors (Lipinski definition) is 4. The Bertz CT molecular complexity index is 2680. The van der Waals surface area contributed by atoms with Gasteiger partial charge in [-0.05, 0) is 140 Å². The number of rotatable bonds is 8. The van der Waals surface area contributed by atoms with Crippen molar-refractivity contribution in [1.82, 2.24) is 55.6 Å². The molecule has 27 heteroatoms. The van der Waals surface area contributed by atoms with E-state index in [1.165, 1.54) is 69.4 Å². The smallest absolute Gasteiger partial charge is 0.351 e. The zero-order valence-electron chi connectivity index (χ0n) is 55.5. The van der Waals surface area contributed by atoms with Crippen LogP contribution in [0.4, 0.5) is 13.2 Å². The molecule has 1 spiro atoms. The predicted octanol–water partition coefficient (Wildman–Crippen LogP) is 5.48. The van der Waals surface area contributed by atoms with Crippen molar-refractivity contribution >= 4 is 88.2 Å². The number of alkyl halides is 5. The molecule has 22 nitrogen and oxygen atoms in total. The van der Waals surface area contributed by atoms with E-state index >= 15 is 9.59 Å². The van der Waals surface area contributed by atoms with E-state index in [1.54, 1.807) is 20.9 Å². The van der Waals surface area contributed by atoms with Gasteiger partial charge in [0.2, 0.25) is 65.0 Å². The maximum absolute atomic E-state index is 15.2. The summed E-state index contributed by atoms with van der Waals surface area (Å²) in [6, 6.07) is -8.57. The third-order valence-corrected chi connectivity index (χ3v) is 22.3. The summed E-state index contributed by atoms with van der Waals surface area (Å²) in [4.78, 5) is 170. The van der Waals surface area contributed by atoms with Crippen molar-refractivity contribution in [2.24, 2.45) is 29.6 Å². The minimum absolute atomic E-state index is 0.0122. The van der Waals surface area contributed by atoms with Crippen molar-refractivity contribution in [2.45, 2.75) is 253 Å². The van der Waals surface area contributed by atoms with E-state index in [4.69, 9.17) is 23.2 Å². The van der Waals surface area contributed by atoms with Crippen LogP contribution in [0.3, 0.4) is 0 Å². The second-order valence-electron chi connectivity index (χ2n) is 28.0. The number of amides is 11. The summed E-state index contributed by atoms with van der Waals surface area (Å²) in [6.07, 6.45) is 4.66. The van der Waals surface area contributed by atoms with Gasteiger partial charge in [0.1, 0.15) is 47.8 Å². The fraction of sp³-hybridized carbons (Fsp3) is 0.831. The second kappa shape index (κ2) is 32.3. The summed E-state index contributed by atoms with van der Waals surface area (Å²) in [5.74, 6) is -9.20. The van der Waals surface area contributed by atoms with E-state index in [9.17, 15) is 56.3 Å². The number of carbonyl (C=O) groups is 11. The van der Waals surface area contributed by atoms with Crippen molar-refractivity contribution in [3.05, 3.63) is 0 Å². The maximum atomic E-state index is 15.2. The number of fused-ring (bicyclic) bond motifs is 2. The van der Waals surface area contributed by atoms with Gasteiger partial charge in [0.05, 0.1) is 19.0 Å². The van der Waals surface area contributed by atoms with Gasteiger partial charge < -0.3 is 55.6 Å². The Balaban J connectivity index is 1.21. The van der Waals surface area contributed by atoms with E-state index in [1.807, 2.05) is 6.92 Å². The highest BCUT2D eigenvalue weighted by atomic mass is 35.5. The normalized spacial score (nSPS) is 33.2. The van der Waals surface area contributed by atoms with E-state index < -0.39 is 155 Å². The fourth-order valence-corrected chi connectivity index (χ4v) is 16.5. The molecule has 14 atom stereocenters. The summed E-state index contributed by atoms with van der Waals surface area (Å²) in [6.45, 7) is 6.01. The summed E-state index contributed by atoms with van der Waals surface area (Å²) in [5, 5.41) is 10.3. The quantitative estimate of drug-likeness (QED) is 0.221. The number of nitrogens with one attached hydrogen (secondary N) is 4. The van der Waals surface area contributed by atoms with Crippen LogP contribution in [0.15, 0.2) is 0 Å². The van der Waals surface area contributed by atoms with Gasteiger partial charge >= 0.3 is 6.18 Å². The van der Waals surface area contributed by atoms with Crippen LogP contribution in [0.2, 0.25) is 0 Å². The number of nitrogens with zero attached hydrogens (tertiary/aromatic N) is 7. The van der Waals surface area contributed by atoms with Crippen LogP contribution in [0.1, 0.15) is 182 Å². The lowest BCUT2D eigenvalue weighted by Crippen LogP contribution is -2.64. The molecule has 7 aliphatic rings. The SMILES string of the molecule is CC[C@H](C)[C@@H]1NC(=O)[C@H](C)N(C)C(=O)C[C@@H](C)NC(=O)[C@H](C2CCCC2)N(C)C(=O)C2(CCCC2)NC(=O)[C@@H]2CCCN2C(=O)[C@H](CCC2CCC(C(F)(F)F)C(Cl)C2)NC(=O)CN(C)C(=O)[C@H](CC2CCCC(Cl)C2)N(C)C(=O)[C@@H]2CCCN2C(=O)CN(C)C1=O. The van der Waals surface area contributed by atoms with Gasteiger partial charge in [0.25, 0.3) is 0 Å². The Morgan fingerprint density at radius 3 is 1.87 bits per heavy atom. The van der Waals surface area contributed by atoms with Crippen LogP contribution in [0, 0.1) is 29.6 Å². The molecule has 4 saturated carbocycles. The summed E-state index contributed by atoms with van der Waals surface area (Å²) in [7, 11) is 7.30. The van der Waals surface area contributed by atoms with Gasteiger partial charge in [-0.15, -0.1) is 23.2 Å². The van der Waals surface area contributed by atoms with Crippen LogP contribution in [0.5, 0.6) is 0 Å². The molecule has 0 aromatic carbocycles. The fourth-order valence-electron chi connectivity index (χ4n) is 15.5. The Kier molecular flexibility index (Phi) is 26.0. The minimum Gasteiger partial charge on any atom is -0.351 e. The van der Waals surface area contributed by atoms with Gasteiger partial charge in [0, 0.05) is 71.5 Å². The molecule has 3 heterocycles. The Morgan fingerprint density at radius 1 is 0.598 bits per heavy atom. The highest BCUT2D eigenvalue weighted by Crippen LogP contribution is 2.44. The van der Waals surface area contributed by atoms with Gasteiger partial charge in [-0.25, -0.2) is 0 Å². The van der Waals surface area contributed by atoms with Crippen molar-refractivity contribution in [2.75, 3.05) is 61.4 Å². The predicted molar refractivity (Wildman–Crippen MR) is 339 cm³/mol. The zero-order chi connectivity index (χ0) is 67.7. The molecule has 11 amide bonds. The first kappa shape index (κ1) is 73.9. The topological polar surface area (TPSA) is 259 Å². The van der Waals surface area contributed by atoms with Crippen LogP contribution < -0.4 is 21.3 Å². The Morgan fingerprint density at radius 2 is 1.24 bits per heavy atom. The maximum Gasteiger partial charge on any atom is 0.393 e. The van der Waals surface area contributed by atoms with Gasteiger partial charge in [-0.1, -0.05) is 58.8 Å². The summed E-state index contributed by atoms with van der Waals surface area (Å²) >= 11 is 13.1. The molecule has 3 saturated heterocycles. The standard InChI is InChI=1S/C65H102Cl2F3N11O11/c1-10-38(2)54-62(91)76(6)37-53(84)80-30-17-23-49(80)61(90)78(8)50(35-42-18-15-21-44(66)33-42)60(89)75(5)36-51(82)72-47(27-25-41-24-26-45(46(67)34-41)65(68,69)70)59(88)81-31-16-22-48(81)57(86)74-64(28-13-14-29-64)63(92)79(9)55(43-19-11-12-20-43)58(87)71-39(3)32-52(83)77(7)40(4)56(85)73-54/h38-50,54-55H,10-37H2,1-9H3,(H,71,87)(H,72,82)(H,73,85)(H,74,86)/t38-,39+,40-,41?,42?,44?,45?,46?,47-,48-,49-,50-,54-,55-/m0/s1. The molecule has 0 bridgehead atoms. The largest absolute Gasteiger partial charge is 0.393 e. The first-order valence-corrected chi connectivity index (χ1v) is 34.7. The molecule has 92 heavy (non-hydrogen) atoms. The summed E-state index contributed by atoms with van der Waals surface area (Å²) < 4.78 is 41.8. The Hall–Kier alpha value is -5.46. The summed E-state index contributed by atoms with van der Waals surface area (Å²) in [5.41, 5.74) is -1.46. The van der Waals surface area contributed by atoms with Crippen LogP contribution >= 0.6 is 23.2 Å². The Labute approximate surface area is 550 Å².